The maximum absolute atomic E-state index is 13.1. The molecule has 0 bridgehead atoms. The van der Waals surface area contributed by atoms with E-state index < -0.39 is 97.5 Å². The van der Waals surface area contributed by atoms with E-state index in [1.807, 2.05) is 0 Å². The second-order valence-corrected chi connectivity index (χ2v) is 28.9. The highest BCUT2D eigenvalue weighted by Gasteiger charge is 2.30. The van der Waals surface area contributed by atoms with E-state index in [2.05, 4.69) is 52.0 Å². The van der Waals surface area contributed by atoms with Crippen molar-refractivity contribution in [1.82, 2.24) is 0 Å². The monoisotopic (exact) mass is 1360 g/mol. The Hall–Kier alpha value is -2.46. The summed E-state index contributed by atoms with van der Waals surface area (Å²) in [7, 11) is -9.91. The van der Waals surface area contributed by atoms with Crippen LogP contribution in [0, 0.1) is 0 Å². The summed E-state index contributed by atoms with van der Waals surface area (Å²) in [5.41, 5.74) is 0. The van der Waals surface area contributed by atoms with Gasteiger partial charge in [0.25, 0.3) is 0 Å². The van der Waals surface area contributed by atoms with Crippen molar-refractivity contribution in [3.63, 3.8) is 0 Å². The molecule has 0 fully saturated rings. The minimum Gasteiger partial charge on any atom is -0.462 e. The van der Waals surface area contributed by atoms with Crippen molar-refractivity contribution in [2.24, 2.45) is 0 Å². The number of phosphoric ester groups is 2. The van der Waals surface area contributed by atoms with Crippen LogP contribution in [0.3, 0.4) is 0 Å². The molecule has 3 N–H and O–H groups in total. The van der Waals surface area contributed by atoms with Crippen molar-refractivity contribution in [3.8, 4) is 0 Å². The van der Waals surface area contributed by atoms with Gasteiger partial charge in [0.05, 0.1) is 26.4 Å². The second kappa shape index (κ2) is 68.1. The highest BCUT2D eigenvalue weighted by atomic mass is 31.2. The number of esters is 4. The van der Waals surface area contributed by atoms with Crippen LogP contribution in [0.2, 0.25) is 0 Å². The van der Waals surface area contributed by atoms with E-state index in [0.717, 1.165) is 116 Å². The number of phosphoric acid groups is 2. The molecule has 5 atom stereocenters. The molecule has 0 aromatic rings. The number of carbonyl (C=O) groups is 4. The molecule has 2 unspecified atom stereocenters. The third-order valence-electron chi connectivity index (χ3n) is 16.7. The van der Waals surface area contributed by atoms with Crippen molar-refractivity contribution in [1.29, 1.82) is 0 Å². The van der Waals surface area contributed by atoms with Crippen LogP contribution in [0.4, 0.5) is 0 Å². The van der Waals surface area contributed by atoms with Gasteiger partial charge in [0, 0.05) is 25.7 Å². The van der Waals surface area contributed by atoms with Gasteiger partial charge >= 0.3 is 39.5 Å². The van der Waals surface area contributed by atoms with Crippen molar-refractivity contribution in [2.45, 2.75) is 386 Å². The van der Waals surface area contributed by atoms with Gasteiger partial charge in [-0.05, 0) is 51.4 Å². The van der Waals surface area contributed by atoms with Crippen molar-refractivity contribution in [3.05, 3.63) is 24.3 Å². The molecule has 0 spiro atoms. The summed E-state index contributed by atoms with van der Waals surface area (Å²) in [6, 6.07) is 0. The molecule has 0 amide bonds. The lowest BCUT2D eigenvalue weighted by atomic mass is 10.0. The Morgan fingerprint density at radius 3 is 0.785 bits per heavy atom. The number of rotatable bonds is 73. The molecule has 19 heteroatoms. The van der Waals surface area contributed by atoms with Crippen LogP contribution < -0.4 is 0 Å². The summed E-state index contributed by atoms with van der Waals surface area (Å²) < 4.78 is 68.3. The number of ether oxygens (including phenoxy) is 4. The van der Waals surface area contributed by atoms with Crippen LogP contribution in [0.15, 0.2) is 24.3 Å². The fraction of sp³-hybridized carbons (Fsp3) is 0.892. The molecule has 0 aliphatic rings. The van der Waals surface area contributed by atoms with Gasteiger partial charge in [-0.2, -0.15) is 0 Å². The van der Waals surface area contributed by atoms with Gasteiger partial charge in [0.15, 0.2) is 12.2 Å². The van der Waals surface area contributed by atoms with Crippen LogP contribution in [-0.4, -0.2) is 96.7 Å². The summed E-state index contributed by atoms with van der Waals surface area (Å²) in [6.07, 6.45) is 60.4. The highest BCUT2D eigenvalue weighted by Crippen LogP contribution is 2.45. The van der Waals surface area contributed by atoms with Gasteiger partial charge in [-0.15, -0.1) is 0 Å². The SMILES string of the molecule is CCCCCC/C=C\C=C/CCCCCCCC(=O)OC[C@H](COP(=O)(O)OC[C@@H](O)COP(=O)(O)OC[C@@H](COC(=O)CCCCCCCCCC)OC(=O)CCCCCCCCCCCCCCCC)OC(=O)CCCCCCCCCCCCCCCCCC. The molecule has 0 aliphatic carbocycles. The van der Waals surface area contributed by atoms with Gasteiger partial charge in [-0.25, -0.2) is 9.13 Å². The lowest BCUT2D eigenvalue weighted by molar-refractivity contribution is -0.161. The predicted octanol–water partition coefficient (Wildman–Crippen LogP) is 21.4. The molecule has 0 saturated carbocycles. The average molecular weight is 1360 g/mol. The zero-order chi connectivity index (χ0) is 68.2. The number of hydrogen-bond acceptors (Lipinski definition) is 15. The van der Waals surface area contributed by atoms with Crippen LogP contribution in [0.1, 0.15) is 368 Å². The fourth-order valence-electron chi connectivity index (χ4n) is 10.9. The largest absolute Gasteiger partial charge is 0.472 e. The topological polar surface area (TPSA) is 237 Å². The van der Waals surface area contributed by atoms with Gasteiger partial charge in [0.2, 0.25) is 0 Å². The highest BCUT2D eigenvalue weighted by molar-refractivity contribution is 7.47. The lowest BCUT2D eigenvalue weighted by Crippen LogP contribution is -2.30. The van der Waals surface area contributed by atoms with Crippen molar-refractivity contribution < 1.29 is 80.2 Å². The summed E-state index contributed by atoms with van der Waals surface area (Å²) >= 11 is 0. The fourth-order valence-corrected chi connectivity index (χ4v) is 12.4. The standard InChI is InChI=1S/C74H140O17P2/c1-5-9-13-17-21-25-28-31-34-36-39-42-45-49-53-57-61-74(79)91-70(65-85-72(77)59-55-51-47-43-40-38-35-32-29-26-22-18-14-10-6-2)67-89-93(82,83)87-63-68(75)62-86-92(80,81)88-66-69(64-84-71(76)58-54-50-46-24-20-16-12-8-4)90-73(78)60-56-52-48-44-41-37-33-30-27-23-19-15-11-7-3/h26,29,32,35,68-70,75H,5-25,27-28,30-31,33-34,36-67H2,1-4H3,(H,80,81)(H,82,83)/b29-26-,35-32-/t68-,69+,70+/m0/s1. The first-order chi connectivity index (χ1) is 45.2. The molecule has 0 aliphatic heterocycles. The van der Waals surface area contributed by atoms with E-state index in [0.29, 0.717) is 25.7 Å². The zero-order valence-electron chi connectivity index (χ0n) is 59.7. The quantitative estimate of drug-likeness (QED) is 0.0169. The van der Waals surface area contributed by atoms with Gasteiger partial charge in [-0.3, -0.25) is 37.3 Å². The molecule has 0 aromatic carbocycles. The maximum Gasteiger partial charge on any atom is 0.472 e. The van der Waals surface area contributed by atoms with Gasteiger partial charge < -0.3 is 33.8 Å². The van der Waals surface area contributed by atoms with Crippen LogP contribution in [0.25, 0.3) is 0 Å². The number of carbonyl (C=O) groups excluding carboxylic acids is 4. The van der Waals surface area contributed by atoms with Gasteiger partial charge in [-0.1, -0.05) is 315 Å². The third kappa shape index (κ3) is 67.9. The van der Waals surface area contributed by atoms with E-state index >= 15 is 0 Å². The Morgan fingerprint density at radius 2 is 0.516 bits per heavy atom. The van der Waals surface area contributed by atoms with Gasteiger partial charge in [0.1, 0.15) is 19.3 Å². The van der Waals surface area contributed by atoms with Crippen LogP contribution in [-0.2, 0) is 65.4 Å². The van der Waals surface area contributed by atoms with E-state index in [4.69, 9.17) is 37.0 Å². The zero-order valence-corrected chi connectivity index (χ0v) is 61.5. The Labute approximate surface area is 567 Å². The molecular weight excluding hydrogens is 1220 g/mol. The Balaban J connectivity index is 5.25. The minimum atomic E-state index is -4.96. The summed E-state index contributed by atoms with van der Waals surface area (Å²) in [6.45, 7) is 4.89. The summed E-state index contributed by atoms with van der Waals surface area (Å²) in [4.78, 5) is 72.6. The molecule has 0 rings (SSSR count). The first-order valence-corrected chi connectivity index (χ1v) is 41.1. The van der Waals surface area contributed by atoms with E-state index in [1.165, 1.54) is 173 Å². The number of hydrogen-bond donors (Lipinski definition) is 3. The van der Waals surface area contributed by atoms with E-state index in [9.17, 15) is 43.2 Å². The van der Waals surface area contributed by atoms with E-state index in [1.54, 1.807) is 0 Å². The first-order valence-electron chi connectivity index (χ1n) is 38.1. The molecule has 0 radical (unpaired) electrons. The minimum absolute atomic E-state index is 0.102. The average Bonchev–Trinajstić information content (AvgIpc) is 3.10. The Morgan fingerprint density at radius 1 is 0.301 bits per heavy atom. The Bertz CT molecular complexity index is 1870. The molecule has 93 heavy (non-hydrogen) atoms. The molecule has 17 nitrogen and oxygen atoms in total. The Kier molecular flexibility index (Phi) is 66.3. The van der Waals surface area contributed by atoms with Crippen molar-refractivity contribution in [2.75, 3.05) is 39.6 Å². The third-order valence-corrected chi connectivity index (χ3v) is 18.6. The number of allylic oxidation sites excluding steroid dienone is 4. The number of aliphatic hydroxyl groups is 1. The normalized spacial score (nSPS) is 14.1. The lowest BCUT2D eigenvalue weighted by Gasteiger charge is -2.21. The number of unbranched alkanes of at least 4 members (excludes halogenated alkanes) is 44. The molecule has 0 saturated heterocycles. The maximum atomic E-state index is 13.1. The van der Waals surface area contributed by atoms with E-state index in [-0.39, 0.29) is 25.7 Å². The van der Waals surface area contributed by atoms with Crippen molar-refractivity contribution >= 4 is 39.5 Å². The molecular formula is C74H140O17P2. The molecule has 548 valence electrons. The second-order valence-electron chi connectivity index (χ2n) is 26.0. The number of aliphatic hydroxyl groups excluding tert-OH is 1. The summed E-state index contributed by atoms with van der Waals surface area (Å²) in [5.74, 6) is -2.15. The molecule has 0 heterocycles. The summed E-state index contributed by atoms with van der Waals surface area (Å²) in [5, 5.41) is 10.6. The smallest absolute Gasteiger partial charge is 0.462 e. The first kappa shape index (κ1) is 90.5. The van der Waals surface area contributed by atoms with Crippen LogP contribution >= 0.6 is 15.6 Å². The predicted molar refractivity (Wildman–Crippen MR) is 377 cm³/mol. The van der Waals surface area contributed by atoms with Crippen LogP contribution in [0.5, 0.6) is 0 Å². The molecule has 0 aromatic heterocycles.